The standard InChI is InChI=1S/C23H30F2N4O3.HI/c1-26-23(28-15-19-13-20(30-2)6-7-21(19)32-22(24)25)27-14-17-4-3-5-18(12-17)16-29-8-10-31-11-9-29;/h3-7,12-13,22H,8-11,14-16H2,1-2H3,(H2,26,27,28);1H. The van der Waals surface area contributed by atoms with E-state index in [1.165, 1.54) is 18.7 Å². The summed E-state index contributed by atoms with van der Waals surface area (Å²) in [4.78, 5) is 6.60. The molecule has 1 fully saturated rings. The number of nitrogens with one attached hydrogen (secondary N) is 2. The molecule has 2 aromatic carbocycles. The Bertz CT molecular complexity index is 896. The number of morpholine rings is 1. The summed E-state index contributed by atoms with van der Waals surface area (Å²) in [5, 5.41) is 6.40. The van der Waals surface area contributed by atoms with E-state index in [9.17, 15) is 8.78 Å². The van der Waals surface area contributed by atoms with Crippen molar-refractivity contribution in [1.29, 1.82) is 0 Å². The van der Waals surface area contributed by atoms with Gasteiger partial charge in [-0.15, -0.1) is 24.0 Å². The summed E-state index contributed by atoms with van der Waals surface area (Å²) in [6.07, 6.45) is 0. The van der Waals surface area contributed by atoms with Crippen LogP contribution in [0.3, 0.4) is 0 Å². The SMILES string of the molecule is CN=C(NCc1cccc(CN2CCOCC2)c1)NCc1cc(OC)ccc1OC(F)F.I. The van der Waals surface area contributed by atoms with Crippen molar-refractivity contribution < 1.29 is 23.0 Å². The minimum Gasteiger partial charge on any atom is -0.497 e. The fourth-order valence-electron chi connectivity index (χ4n) is 3.47. The first-order chi connectivity index (χ1) is 15.6. The Balaban J connectivity index is 0.00000385. The molecule has 0 spiro atoms. The van der Waals surface area contributed by atoms with Crippen molar-refractivity contribution in [3.8, 4) is 11.5 Å². The third-order valence-corrected chi connectivity index (χ3v) is 5.11. The number of halogens is 3. The molecule has 1 aliphatic rings. The maximum atomic E-state index is 12.7. The van der Waals surface area contributed by atoms with Gasteiger partial charge in [-0.05, 0) is 29.3 Å². The molecule has 182 valence electrons. The van der Waals surface area contributed by atoms with Gasteiger partial charge in [-0.1, -0.05) is 24.3 Å². The van der Waals surface area contributed by atoms with Gasteiger partial charge >= 0.3 is 6.61 Å². The van der Waals surface area contributed by atoms with Gasteiger partial charge < -0.3 is 24.8 Å². The van der Waals surface area contributed by atoms with E-state index in [4.69, 9.17) is 9.47 Å². The van der Waals surface area contributed by atoms with Crippen LogP contribution in [0.4, 0.5) is 8.78 Å². The summed E-state index contributed by atoms with van der Waals surface area (Å²) in [5.41, 5.74) is 2.92. The van der Waals surface area contributed by atoms with Crippen LogP contribution >= 0.6 is 24.0 Å². The van der Waals surface area contributed by atoms with Gasteiger partial charge in [0.1, 0.15) is 11.5 Å². The van der Waals surface area contributed by atoms with E-state index in [-0.39, 0.29) is 36.3 Å². The first-order valence-electron chi connectivity index (χ1n) is 10.5. The molecule has 0 saturated carbocycles. The van der Waals surface area contributed by atoms with E-state index >= 15 is 0 Å². The minimum atomic E-state index is -2.90. The lowest BCUT2D eigenvalue weighted by Gasteiger charge is -2.26. The number of guanidine groups is 1. The summed E-state index contributed by atoms with van der Waals surface area (Å²) in [7, 11) is 3.18. The van der Waals surface area contributed by atoms with Crippen molar-refractivity contribution in [2.75, 3.05) is 40.5 Å². The molecule has 0 bridgehead atoms. The molecule has 0 aromatic heterocycles. The number of ether oxygens (including phenoxy) is 3. The zero-order chi connectivity index (χ0) is 22.8. The maximum absolute atomic E-state index is 12.7. The zero-order valence-electron chi connectivity index (χ0n) is 18.9. The molecule has 1 aliphatic heterocycles. The minimum absolute atomic E-state index is 0. The highest BCUT2D eigenvalue weighted by molar-refractivity contribution is 14.0. The number of hydrogen-bond donors (Lipinski definition) is 2. The number of methoxy groups -OCH3 is 1. The van der Waals surface area contributed by atoms with Crippen LogP contribution in [0.25, 0.3) is 0 Å². The Morgan fingerprint density at radius 2 is 1.82 bits per heavy atom. The quantitative estimate of drug-likeness (QED) is 0.270. The molecule has 33 heavy (non-hydrogen) atoms. The van der Waals surface area contributed by atoms with Gasteiger partial charge in [0, 0.05) is 45.3 Å². The van der Waals surface area contributed by atoms with Gasteiger partial charge in [0.15, 0.2) is 5.96 Å². The van der Waals surface area contributed by atoms with Crippen LogP contribution in [0, 0.1) is 0 Å². The predicted octanol–water partition coefficient (Wildman–Crippen LogP) is 3.61. The van der Waals surface area contributed by atoms with Gasteiger partial charge in [0.05, 0.1) is 20.3 Å². The lowest BCUT2D eigenvalue weighted by Crippen LogP contribution is -2.36. The lowest BCUT2D eigenvalue weighted by atomic mass is 10.1. The van der Waals surface area contributed by atoms with Gasteiger partial charge in [0.2, 0.25) is 0 Å². The van der Waals surface area contributed by atoms with Crippen molar-refractivity contribution in [2.24, 2.45) is 4.99 Å². The summed E-state index contributed by atoms with van der Waals surface area (Å²) < 4.78 is 40.7. The summed E-state index contributed by atoms with van der Waals surface area (Å²) in [5.74, 6) is 1.21. The highest BCUT2D eigenvalue weighted by Crippen LogP contribution is 2.25. The van der Waals surface area contributed by atoms with E-state index in [0.717, 1.165) is 38.4 Å². The molecule has 7 nitrogen and oxygen atoms in total. The highest BCUT2D eigenvalue weighted by Gasteiger charge is 2.13. The molecular weight excluding hydrogens is 545 g/mol. The first kappa shape index (κ1) is 27.1. The maximum Gasteiger partial charge on any atom is 0.387 e. The average molecular weight is 576 g/mol. The molecule has 2 aromatic rings. The molecule has 0 unspecified atom stereocenters. The van der Waals surface area contributed by atoms with E-state index in [2.05, 4.69) is 43.5 Å². The van der Waals surface area contributed by atoms with Crippen molar-refractivity contribution in [2.45, 2.75) is 26.2 Å². The summed E-state index contributed by atoms with van der Waals surface area (Å²) in [6.45, 7) is 2.27. The Hall–Kier alpha value is -2.18. The second kappa shape index (κ2) is 14.2. The third-order valence-electron chi connectivity index (χ3n) is 5.11. The van der Waals surface area contributed by atoms with E-state index in [1.54, 1.807) is 19.2 Å². The zero-order valence-corrected chi connectivity index (χ0v) is 21.2. The van der Waals surface area contributed by atoms with Crippen molar-refractivity contribution in [3.05, 3.63) is 59.2 Å². The van der Waals surface area contributed by atoms with Crippen LogP contribution in [0.5, 0.6) is 11.5 Å². The second-order valence-electron chi connectivity index (χ2n) is 7.34. The number of hydrogen-bond acceptors (Lipinski definition) is 5. The van der Waals surface area contributed by atoms with Crippen LogP contribution < -0.4 is 20.1 Å². The largest absolute Gasteiger partial charge is 0.497 e. The Kier molecular flexibility index (Phi) is 11.6. The predicted molar refractivity (Wildman–Crippen MR) is 135 cm³/mol. The summed E-state index contributed by atoms with van der Waals surface area (Å²) in [6, 6.07) is 13.1. The van der Waals surface area contributed by atoms with Crippen LogP contribution in [-0.4, -0.2) is 57.9 Å². The Labute approximate surface area is 210 Å². The smallest absolute Gasteiger partial charge is 0.387 e. The van der Waals surface area contributed by atoms with Crippen molar-refractivity contribution in [3.63, 3.8) is 0 Å². The normalized spacial score (nSPS) is 14.5. The number of rotatable bonds is 9. The number of alkyl halides is 2. The van der Waals surface area contributed by atoms with Crippen LogP contribution in [0.15, 0.2) is 47.5 Å². The molecule has 2 N–H and O–H groups in total. The van der Waals surface area contributed by atoms with Crippen molar-refractivity contribution in [1.82, 2.24) is 15.5 Å². The number of benzene rings is 2. The first-order valence-corrected chi connectivity index (χ1v) is 10.5. The van der Waals surface area contributed by atoms with Gasteiger partial charge in [-0.25, -0.2) is 0 Å². The van der Waals surface area contributed by atoms with Gasteiger partial charge in [-0.2, -0.15) is 8.78 Å². The van der Waals surface area contributed by atoms with E-state index in [1.807, 2.05) is 6.07 Å². The molecule has 10 heteroatoms. The number of nitrogens with zero attached hydrogens (tertiary/aromatic N) is 2. The lowest BCUT2D eigenvalue weighted by molar-refractivity contribution is -0.0505. The molecule has 3 rings (SSSR count). The third kappa shape index (κ3) is 8.94. The average Bonchev–Trinajstić information content (AvgIpc) is 2.80. The fourth-order valence-corrected chi connectivity index (χ4v) is 3.47. The molecule has 1 saturated heterocycles. The molecule has 0 amide bonds. The molecule has 1 heterocycles. The van der Waals surface area contributed by atoms with Crippen LogP contribution in [0.2, 0.25) is 0 Å². The van der Waals surface area contributed by atoms with Crippen molar-refractivity contribution >= 4 is 29.9 Å². The van der Waals surface area contributed by atoms with Gasteiger partial charge in [0.25, 0.3) is 0 Å². The number of aliphatic imine (C=N–C) groups is 1. The summed E-state index contributed by atoms with van der Waals surface area (Å²) >= 11 is 0. The molecule has 0 radical (unpaired) electrons. The monoisotopic (exact) mass is 576 g/mol. The molecule has 0 aliphatic carbocycles. The van der Waals surface area contributed by atoms with Crippen LogP contribution in [-0.2, 0) is 24.4 Å². The highest BCUT2D eigenvalue weighted by atomic mass is 127. The van der Waals surface area contributed by atoms with Gasteiger partial charge in [-0.3, -0.25) is 9.89 Å². The Morgan fingerprint density at radius 1 is 1.09 bits per heavy atom. The van der Waals surface area contributed by atoms with E-state index in [0.29, 0.717) is 23.8 Å². The van der Waals surface area contributed by atoms with Crippen LogP contribution in [0.1, 0.15) is 16.7 Å². The topological polar surface area (TPSA) is 67.4 Å². The Morgan fingerprint density at radius 3 is 2.52 bits per heavy atom. The second-order valence-corrected chi connectivity index (χ2v) is 7.34. The van der Waals surface area contributed by atoms with E-state index < -0.39 is 6.61 Å². The fraction of sp³-hybridized carbons (Fsp3) is 0.435. The molecular formula is C23H31F2IN4O3. The molecule has 0 atom stereocenters.